The van der Waals surface area contributed by atoms with Gasteiger partial charge in [-0.05, 0) is 31.1 Å². The highest BCUT2D eigenvalue weighted by molar-refractivity contribution is 5.76. The molecule has 1 saturated carbocycles. The molecular weight excluding hydrogens is 396 g/mol. The molecule has 2 atom stereocenters. The molecule has 0 aliphatic heterocycles. The zero-order valence-electron chi connectivity index (χ0n) is 21.7. The van der Waals surface area contributed by atoms with Crippen molar-refractivity contribution in [2.45, 2.75) is 107 Å². The van der Waals surface area contributed by atoms with E-state index >= 15 is 0 Å². The van der Waals surface area contributed by atoms with Gasteiger partial charge in [-0.1, -0.05) is 55.4 Å². The van der Waals surface area contributed by atoms with Gasteiger partial charge in [0.2, 0.25) is 0 Å². The highest BCUT2D eigenvalue weighted by Gasteiger charge is 2.40. The maximum absolute atomic E-state index is 12.6. The summed E-state index contributed by atoms with van der Waals surface area (Å²) in [6.07, 6.45) is 1.57. The summed E-state index contributed by atoms with van der Waals surface area (Å²) >= 11 is 0. The monoisotopic (exact) mass is 444 g/mol. The maximum Gasteiger partial charge on any atom is 0.311 e. The van der Waals surface area contributed by atoms with Gasteiger partial charge in [0.1, 0.15) is 19.7 Å². The molecule has 0 spiro atoms. The van der Waals surface area contributed by atoms with Crippen LogP contribution in [0.4, 0.5) is 0 Å². The minimum absolute atomic E-state index is 0.0847. The third-order valence-corrected chi connectivity index (χ3v) is 5.67. The van der Waals surface area contributed by atoms with Gasteiger partial charge in [0, 0.05) is 18.8 Å². The topological polar surface area (TPSA) is 63.2 Å². The van der Waals surface area contributed by atoms with Gasteiger partial charge >= 0.3 is 5.97 Å². The Morgan fingerprint density at radius 3 is 1.58 bits per heavy atom. The molecule has 1 aliphatic rings. The van der Waals surface area contributed by atoms with Crippen molar-refractivity contribution in [3.05, 3.63) is 0 Å². The molecule has 1 aliphatic carbocycles. The first kappa shape index (κ1) is 28.3. The third-order valence-electron chi connectivity index (χ3n) is 5.67. The predicted molar refractivity (Wildman–Crippen MR) is 123 cm³/mol. The Bertz CT molecular complexity index is 499. The Labute approximate surface area is 190 Å². The predicted octanol–water partition coefficient (Wildman–Crippen LogP) is 5.58. The van der Waals surface area contributed by atoms with E-state index in [0.29, 0.717) is 26.1 Å². The lowest BCUT2D eigenvalue weighted by atomic mass is 9.83. The highest BCUT2D eigenvalue weighted by Crippen LogP contribution is 2.33. The fourth-order valence-electron chi connectivity index (χ4n) is 3.24. The van der Waals surface area contributed by atoms with Gasteiger partial charge in [0.05, 0.1) is 30.8 Å². The summed E-state index contributed by atoms with van der Waals surface area (Å²) < 4.78 is 29.5. The van der Waals surface area contributed by atoms with Gasteiger partial charge in [0.25, 0.3) is 0 Å². The van der Waals surface area contributed by atoms with Gasteiger partial charge in [-0.2, -0.15) is 0 Å². The fourth-order valence-corrected chi connectivity index (χ4v) is 3.24. The van der Waals surface area contributed by atoms with Crippen molar-refractivity contribution in [3.63, 3.8) is 0 Å². The number of esters is 1. The van der Waals surface area contributed by atoms with Gasteiger partial charge < -0.3 is 23.7 Å². The number of rotatable bonds is 11. The lowest BCUT2D eigenvalue weighted by Gasteiger charge is -2.40. The largest absolute Gasteiger partial charge is 0.462 e. The van der Waals surface area contributed by atoms with Gasteiger partial charge in [-0.15, -0.1) is 0 Å². The Balaban J connectivity index is 2.72. The molecule has 2 unspecified atom stereocenters. The summed E-state index contributed by atoms with van der Waals surface area (Å²) in [6.45, 7) is 22.4. The third kappa shape index (κ3) is 11.1. The molecule has 31 heavy (non-hydrogen) atoms. The Hall–Kier alpha value is -0.690. The van der Waals surface area contributed by atoms with Crippen LogP contribution < -0.4 is 0 Å². The van der Waals surface area contributed by atoms with Crippen LogP contribution in [0.25, 0.3) is 0 Å². The second-order valence-electron chi connectivity index (χ2n) is 12.1. The van der Waals surface area contributed by atoms with Crippen molar-refractivity contribution in [1.82, 2.24) is 0 Å². The van der Waals surface area contributed by atoms with E-state index in [1.54, 1.807) is 0 Å². The Kier molecular flexibility index (Phi) is 10.9. The van der Waals surface area contributed by atoms with Gasteiger partial charge in [0.15, 0.2) is 0 Å². The molecule has 0 saturated heterocycles. The summed E-state index contributed by atoms with van der Waals surface area (Å²) in [5.41, 5.74) is -0.329. The standard InChI is InChI=1S/C25H48O6/c1-11-25(9,10)22(26)31-19-12-20(29-16-27-14-23(3,4)5)18(2)21(13-19)30-17-28-15-24(6,7)8/h18-21H,11-17H2,1-10H3. The number of hydrogen-bond donors (Lipinski definition) is 0. The lowest BCUT2D eigenvalue weighted by molar-refractivity contribution is -0.199. The van der Waals surface area contributed by atoms with Crippen molar-refractivity contribution in [2.75, 3.05) is 26.8 Å². The van der Waals surface area contributed by atoms with Crippen LogP contribution >= 0.6 is 0 Å². The molecule has 1 rings (SSSR count). The Morgan fingerprint density at radius 2 is 1.23 bits per heavy atom. The summed E-state index contributed by atoms with van der Waals surface area (Å²) in [6, 6.07) is 0. The second kappa shape index (κ2) is 12.0. The molecule has 1 fully saturated rings. The molecule has 0 aromatic rings. The van der Waals surface area contributed by atoms with Crippen LogP contribution in [-0.2, 0) is 28.5 Å². The first-order valence-corrected chi connectivity index (χ1v) is 11.7. The molecule has 0 N–H and O–H groups in total. The molecule has 0 aromatic carbocycles. The molecule has 6 heteroatoms. The summed E-state index contributed by atoms with van der Waals surface area (Å²) in [5.74, 6) is -0.0226. The first-order valence-electron chi connectivity index (χ1n) is 11.7. The average Bonchev–Trinajstić information content (AvgIpc) is 2.63. The van der Waals surface area contributed by atoms with E-state index in [1.165, 1.54) is 0 Å². The number of ether oxygens (including phenoxy) is 5. The zero-order valence-corrected chi connectivity index (χ0v) is 21.7. The van der Waals surface area contributed by atoms with Crippen molar-refractivity contribution < 1.29 is 28.5 Å². The van der Waals surface area contributed by atoms with Crippen LogP contribution in [0.15, 0.2) is 0 Å². The molecule has 0 radical (unpaired) electrons. The normalized spacial score (nSPS) is 25.5. The molecular formula is C25H48O6. The van der Waals surface area contributed by atoms with Crippen LogP contribution in [0, 0.1) is 22.2 Å². The van der Waals surface area contributed by atoms with E-state index in [9.17, 15) is 4.79 Å². The van der Waals surface area contributed by atoms with E-state index in [2.05, 4.69) is 48.5 Å². The van der Waals surface area contributed by atoms with E-state index in [-0.39, 0.29) is 54.6 Å². The molecule has 0 bridgehead atoms. The minimum Gasteiger partial charge on any atom is -0.462 e. The van der Waals surface area contributed by atoms with Crippen LogP contribution in [0.3, 0.4) is 0 Å². The van der Waals surface area contributed by atoms with Crippen molar-refractivity contribution in [1.29, 1.82) is 0 Å². The van der Waals surface area contributed by atoms with Crippen LogP contribution in [0.5, 0.6) is 0 Å². The van der Waals surface area contributed by atoms with Crippen LogP contribution in [0.2, 0.25) is 0 Å². The number of carbonyl (C=O) groups is 1. The SMILES string of the molecule is CCC(C)(C)C(=O)OC1CC(OCOCC(C)(C)C)C(C)C(OCOCC(C)(C)C)C1. The zero-order chi connectivity index (χ0) is 23.9. The van der Waals surface area contributed by atoms with E-state index in [1.807, 2.05) is 20.8 Å². The van der Waals surface area contributed by atoms with Gasteiger partial charge in [-0.25, -0.2) is 0 Å². The summed E-state index contributed by atoms with van der Waals surface area (Å²) in [7, 11) is 0. The molecule has 0 amide bonds. The maximum atomic E-state index is 12.6. The molecule has 6 nitrogen and oxygen atoms in total. The smallest absolute Gasteiger partial charge is 0.311 e. The fraction of sp³-hybridized carbons (Fsp3) is 0.960. The van der Waals surface area contributed by atoms with Crippen LogP contribution in [-0.4, -0.2) is 51.1 Å². The summed E-state index contributed by atoms with van der Waals surface area (Å²) in [4.78, 5) is 12.6. The molecule has 0 aromatic heterocycles. The number of carbonyl (C=O) groups excluding carboxylic acids is 1. The van der Waals surface area contributed by atoms with E-state index in [0.717, 1.165) is 6.42 Å². The van der Waals surface area contributed by atoms with Crippen molar-refractivity contribution in [3.8, 4) is 0 Å². The van der Waals surface area contributed by atoms with Crippen LogP contribution in [0.1, 0.15) is 88.5 Å². The van der Waals surface area contributed by atoms with E-state index in [4.69, 9.17) is 23.7 Å². The highest BCUT2D eigenvalue weighted by atomic mass is 16.7. The van der Waals surface area contributed by atoms with Crippen molar-refractivity contribution >= 4 is 5.97 Å². The quantitative estimate of drug-likeness (QED) is 0.236. The average molecular weight is 445 g/mol. The molecule has 0 heterocycles. The van der Waals surface area contributed by atoms with Crippen molar-refractivity contribution in [2.24, 2.45) is 22.2 Å². The number of hydrogen-bond acceptors (Lipinski definition) is 6. The molecule has 184 valence electrons. The minimum atomic E-state index is -0.499. The van der Waals surface area contributed by atoms with Gasteiger partial charge in [-0.3, -0.25) is 4.79 Å². The first-order chi connectivity index (χ1) is 14.1. The second-order valence-corrected chi connectivity index (χ2v) is 12.1. The Morgan fingerprint density at radius 1 is 0.806 bits per heavy atom. The lowest BCUT2D eigenvalue weighted by Crippen LogP contribution is -2.46. The summed E-state index contributed by atoms with van der Waals surface area (Å²) in [5, 5.41) is 0. The van der Waals surface area contributed by atoms with E-state index < -0.39 is 5.41 Å².